The first-order chi connectivity index (χ1) is 23.2. The van der Waals surface area contributed by atoms with Crippen LogP contribution in [0.4, 0.5) is 0 Å². The maximum atomic E-state index is 9.05. The van der Waals surface area contributed by atoms with Crippen molar-refractivity contribution in [2.45, 2.75) is 0 Å². The molecule has 0 spiro atoms. The molecule has 1 aliphatic rings. The summed E-state index contributed by atoms with van der Waals surface area (Å²) >= 11 is 4.14. The summed E-state index contributed by atoms with van der Waals surface area (Å²) in [5, 5.41) is 9.94. The van der Waals surface area contributed by atoms with E-state index in [1.54, 1.807) is 0 Å². The highest BCUT2D eigenvalue weighted by Gasteiger charge is 2.24. The number of aromatic nitrogens is 4. The Kier molecular flexibility index (Phi) is 7.28. The van der Waals surface area contributed by atoms with Gasteiger partial charge in [0.1, 0.15) is 0 Å². The van der Waals surface area contributed by atoms with Crippen LogP contribution in [0.25, 0.3) is 73.5 Å². The molecule has 6 nitrogen and oxygen atoms in total. The van der Waals surface area contributed by atoms with Gasteiger partial charge >= 0.3 is 0 Å². The maximum Gasteiger partial charge on any atom is 0.164 e. The largest absolute Gasteiger partial charge is 0.298 e. The van der Waals surface area contributed by atoms with E-state index in [2.05, 4.69) is 35.4 Å². The van der Waals surface area contributed by atoms with Crippen molar-refractivity contribution in [3.63, 3.8) is 0 Å². The number of pyridine rings is 1. The van der Waals surface area contributed by atoms with E-state index in [0.29, 0.717) is 28.9 Å². The van der Waals surface area contributed by atoms with E-state index in [4.69, 9.17) is 25.3 Å². The molecule has 0 saturated carbocycles. The van der Waals surface area contributed by atoms with Gasteiger partial charge in [0.15, 0.2) is 17.5 Å². The number of rotatable bonds is 5. The smallest absolute Gasteiger partial charge is 0.164 e. The minimum absolute atomic E-state index is 0.327. The Morgan fingerprint density at radius 3 is 1.55 bits per heavy atom. The molecule has 0 unspecified atom stereocenters. The number of allylic oxidation sites excluding steroid dienone is 1. The summed E-state index contributed by atoms with van der Waals surface area (Å²) in [5.74, 6) is 1.84. The van der Waals surface area contributed by atoms with Crippen LogP contribution in [0.2, 0.25) is 0 Å². The summed E-state index contributed by atoms with van der Waals surface area (Å²) < 4.78 is 4.07. The lowest BCUT2D eigenvalue weighted by atomic mass is 9.87. The zero-order chi connectivity index (χ0) is 31.7. The summed E-state index contributed by atoms with van der Waals surface area (Å²) in [5.41, 5.74) is 9.86. The number of hydrogen-bond acceptors (Lipinski definition) is 7. The van der Waals surface area contributed by atoms with Crippen molar-refractivity contribution in [2.75, 3.05) is 0 Å². The molecule has 2 aromatic heterocycles. The average Bonchev–Trinajstić information content (AvgIpc) is 3.15. The Morgan fingerprint density at radius 2 is 1.00 bits per heavy atom. The van der Waals surface area contributed by atoms with Gasteiger partial charge in [-0.05, 0) is 30.5 Å². The molecule has 0 fully saturated rings. The molecule has 0 atom stereocenters. The van der Waals surface area contributed by atoms with Gasteiger partial charge in [-0.1, -0.05) is 133 Å². The van der Waals surface area contributed by atoms with Crippen LogP contribution in [0.3, 0.4) is 0 Å². The fraction of sp³-hybridized carbons (Fsp3) is 0. The number of fused-ring (bicyclic) bond motifs is 3. The first kappa shape index (κ1) is 28.4. The molecule has 5 aromatic carbocycles. The number of nitrogens with zero attached hydrogens (tertiary/aromatic N) is 5. The molecule has 1 N–H and O–H groups in total. The van der Waals surface area contributed by atoms with Gasteiger partial charge in [-0.3, -0.25) is 5.41 Å². The van der Waals surface area contributed by atoms with E-state index in [1.807, 2.05) is 127 Å². The van der Waals surface area contributed by atoms with Gasteiger partial charge in [-0.2, -0.15) is 0 Å². The van der Waals surface area contributed by atoms with Crippen LogP contribution >= 0.6 is 12.8 Å². The van der Waals surface area contributed by atoms with E-state index in [0.717, 1.165) is 61.1 Å². The van der Waals surface area contributed by atoms with Gasteiger partial charge < -0.3 is 0 Å². The average molecular weight is 623 g/mol. The molecular formula is C40H26N6S. The van der Waals surface area contributed by atoms with Gasteiger partial charge in [0.2, 0.25) is 0 Å². The number of benzene rings is 5. The van der Waals surface area contributed by atoms with E-state index < -0.39 is 0 Å². The predicted octanol–water partition coefficient (Wildman–Crippen LogP) is 9.44. The van der Waals surface area contributed by atoms with Crippen LogP contribution in [-0.2, 0) is 0 Å². The van der Waals surface area contributed by atoms with E-state index in [9.17, 15) is 0 Å². The highest BCUT2D eigenvalue weighted by atomic mass is 32.1. The number of nitrogens with one attached hydrogen (secondary N) is 1. The number of thiol groups is 1. The summed E-state index contributed by atoms with van der Waals surface area (Å²) in [6.45, 7) is 0. The lowest BCUT2D eigenvalue weighted by molar-refractivity contribution is 1.07. The van der Waals surface area contributed by atoms with Gasteiger partial charge in [-0.15, -0.1) is 0 Å². The second-order valence-electron chi connectivity index (χ2n) is 11.1. The van der Waals surface area contributed by atoms with Crippen molar-refractivity contribution in [2.24, 2.45) is 4.40 Å². The van der Waals surface area contributed by atoms with Crippen LogP contribution in [-0.4, -0.2) is 31.4 Å². The van der Waals surface area contributed by atoms with Crippen molar-refractivity contribution in [3.05, 3.63) is 151 Å². The highest BCUT2D eigenvalue weighted by molar-refractivity contribution is 7.79. The van der Waals surface area contributed by atoms with Crippen molar-refractivity contribution in [1.29, 1.82) is 5.41 Å². The molecule has 7 heteroatoms. The Bertz CT molecular complexity index is 2290. The summed E-state index contributed by atoms with van der Waals surface area (Å²) in [6.07, 6.45) is 3.81. The fourth-order valence-corrected chi connectivity index (χ4v) is 6.14. The molecule has 0 bridgehead atoms. The van der Waals surface area contributed by atoms with E-state index >= 15 is 0 Å². The van der Waals surface area contributed by atoms with Crippen molar-refractivity contribution in [3.8, 4) is 56.5 Å². The number of para-hydroxylation sites is 1. The van der Waals surface area contributed by atoms with Gasteiger partial charge in [0.05, 0.1) is 22.6 Å². The van der Waals surface area contributed by atoms with Gasteiger partial charge in [0.25, 0.3) is 0 Å². The third-order valence-electron chi connectivity index (χ3n) is 8.28. The monoisotopic (exact) mass is 622 g/mol. The molecular weight excluding hydrogens is 597 g/mol. The second-order valence-corrected chi connectivity index (χ2v) is 11.3. The van der Waals surface area contributed by atoms with E-state index in [1.165, 1.54) is 0 Å². The molecule has 0 radical (unpaired) electrons. The standard InChI is InChI=1S/C40H26N6S/c41-35-33(46-47)24-23-32-34(35)31-18-10-17-30(37(31)42-36(32)26-11-4-1-5-12-26)25-19-21-29(22-20-25)40-44-38(27-13-6-2-7-14-27)43-39(45-40)28-15-8-3-9-16-28/h1-24,41,47H. The van der Waals surface area contributed by atoms with Crippen LogP contribution in [0, 0.1) is 5.41 Å². The Balaban J connectivity index is 1.27. The lowest BCUT2D eigenvalue weighted by Gasteiger charge is -2.20. The minimum Gasteiger partial charge on any atom is -0.298 e. The molecule has 7 aromatic rings. The number of hydrogen-bond donors (Lipinski definition) is 2. The SMILES string of the molecule is N=C1C(=NS)C=Cc2c(-c3ccccc3)nc3c(-c4ccc(-c5nc(-c6ccccc6)nc(-c6ccccc6)n5)cc4)cccc3c21. The Labute approximate surface area is 277 Å². The van der Waals surface area contributed by atoms with Crippen molar-refractivity contribution < 1.29 is 0 Å². The van der Waals surface area contributed by atoms with Gasteiger partial charge in [0, 0.05) is 44.3 Å². The molecule has 8 rings (SSSR count). The Hall–Kier alpha value is -6.05. The van der Waals surface area contributed by atoms with Crippen LogP contribution in [0.15, 0.2) is 144 Å². The lowest BCUT2D eigenvalue weighted by Crippen LogP contribution is -2.18. The highest BCUT2D eigenvalue weighted by Crippen LogP contribution is 2.38. The maximum absolute atomic E-state index is 9.05. The van der Waals surface area contributed by atoms with Crippen molar-refractivity contribution in [1.82, 2.24) is 19.9 Å². The predicted molar refractivity (Wildman–Crippen MR) is 195 cm³/mol. The molecule has 2 heterocycles. The van der Waals surface area contributed by atoms with Crippen LogP contribution in [0.5, 0.6) is 0 Å². The van der Waals surface area contributed by atoms with Gasteiger partial charge in [-0.25, -0.2) is 24.3 Å². The van der Waals surface area contributed by atoms with E-state index in [-0.39, 0.29) is 0 Å². The molecule has 0 amide bonds. The van der Waals surface area contributed by atoms with Crippen LogP contribution in [0.1, 0.15) is 11.1 Å². The topological polar surface area (TPSA) is 87.8 Å². The Morgan fingerprint density at radius 1 is 0.489 bits per heavy atom. The molecule has 47 heavy (non-hydrogen) atoms. The second kappa shape index (κ2) is 12.0. The zero-order valence-electron chi connectivity index (χ0n) is 25.0. The summed E-state index contributed by atoms with van der Waals surface area (Å²) in [7, 11) is 0. The quantitative estimate of drug-likeness (QED) is 0.187. The first-order valence-electron chi connectivity index (χ1n) is 15.2. The third-order valence-corrected chi connectivity index (χ3v) is 8.49. The van der Waals surface area contributed by atoms with Crippen LogP contribution < -0.4 is 0 Å². The van der Waals surface area contributed by atoms with Crippen molar-refractivity contribution >= 4 is 41.2 Å². The summed E-state index contributed by atoms with van der Waals surface area (Å²) in [4.78, 5) is 19.8. The zero-order valence-corrected chi connectivity index (χ0v) is 25.9. The normalized spacial score (nSPS) is 13.2. The molecule has 0 saturated heterocycles. The molecule has 222 valence electrons. The summed E-state index contributed by atoms with van der Waals surface area (Å²) in [6, 6.07) is 44.4. The third kappa shape index (κ3) is 5.22. The first-order valence-corrected chi connectivity index (χ1v) is 15.6. The molecule has 0 aliphatic heterocycles. The fourth-order valence-electron chi connectivity index (χ4n) is 5.98. The molecule has 1 aliphatic carbocycles. The minimum atomic E-state index is 0.327.